The molecule has 0 fully saturated rings. The normalized spacial score (nSPS) is 10.6. The highest BCUT2D eigenvalue weighted by Crippen LogP contribution is 2.26. The molecule has 0 aliphatic carbocycles. The Labute approximate surface area is 154 Å². The van der Waals surface area contributed by atoms with Crippen molar-refractivity contribution in [3.8, 4) is 10.6 Å². The molecule has 1 N–H and O–H groups in total. The molecule has 0 aliphatic rings. The molecule has 1 amide bonds. The van der Waals surface area contributed by atoms with E-state index in [4.69, 9.17) is 0 Å². The first-order valence-corrected chi connectivity index (χ1v) is 8.80. The van der Waals surface area contributed by atoms with Gasteiger partial charge in [-0.15, -0.1) is 0 Å². The molecule has 2 heterocycles. The second-order valence-electron chi connectivity index (χ2n) is 5.85. The summed E-state index contributed by atoms with van der Waals surface area (Å²) < 4.78 is 18.2. The van der Waals surface area contributed by atoms with E-state index in [0.29, 0.717) is 29.5 Å². The Morgan fingerprint density at radius 3 is 2.81 bits per heavy atom. The molecule has 0 unspecified atom stereocenters. The Morgan fingerprint density at radius 1 is 1.27 bits per heavy atom. The lowest BCUT2D eigenvalue weighted by molar-refractivity contribution is 0.0953. The Balaban J connectivity index is 1.71. The summed E-state index contributed by atoms with van der Waals surface area (Å²) in [4.78, 5) is 22.7. The molecular weight excluding hydrogens is 353 g/mol. The van der Waals surface area contributed by atoms with Gasteiger partial charge in [0.1, 0.15) is 10.8 Å². The third-order valence-electron chi connectivity index (χ3n) is 3.62. The maximum atomic E-state index is 14.0. The molecule has 6 nitrogen and oxygen atoms in total. The average Bonchev–Trinajstić information content (AvgIpc) is 3.12. The number of nitrogens with zero attached hydrogens (tertiary/aromatic N) is 4. The summed E-state index contributed by atoms with van der Waals surface area (Å²) in [5.74, 6) is -0.270. The number of amides is 1. The number of rotatable bonds is 6. The van der Waals surface area contributed by atoms with Crippen LogP contribution in [0.3, 0.4) is 0 Å². The molecule has 26 heavy (non-hydrogen) atoms. The minimum atomic E-state index is -0.487. The molecule has 134 valence electrons. The van der Waals surface area contributed by atoms with Crippen molar-refractivity contribution in [2.45, 2.75) is 6.42 Å². The number of pyridine rings is 1. The SMILES string of the molecule is CN(C)c1nsc(-c2cc(F)cc(C(=O)NCCc3ccccn3)c2)n1. The van der Waals surface area contributed by atoms with Crippen molar-refractivity contribution >= 4 is 23.4 Å². The Bertz CT molecular complexity index is 898. The van der Waals surface area contributed by atoms with Crippen LogP contribution in [0.4, 0.5) is 10.3 Å². The lowest BCUT2D eigenvalue weighted by atomic mass is 10.1. The van der Waals surface area contributed by atoms with Gasteiger partial charge in [0.15, 0.2) is 0 Å². The van der Waals surface area contributed by atoms with E-state index in [1.165, 1.54) is 23.7 Å². The molecule has 0 aliphatic heterocycles. The third-order valence-corrected chi connectivity index (χ3v) is 4.37. The van der Waals surface area contributed by atoms with Crippen LogP contribution in [0, 0.1) is 5.82 Å². The van der Waals surface area contributed by atoms with Crippen LogP contribution in [0.1, 0.15) is 16.1 Å². The summed E-state index contributed by atoms with van der Waals surface area (Å²) in [6, 6.07) is 9.82. The summed E-state index contributed by atoms with van der Waals surface area (Å²) in [7, 11) is 3.66. The molecule has 1 aromatic carbocycles. The molecular formula is C18H18FN5OS. The van der Waals surface area contributed by atoms with E-state index in [2.05, 4.69) is 19.7 Å². The van der Waals surface area contributed by atoms with Gasteiger partial charge in [0.05, 0.1) is 0 Å². The number of hydrogen-bond acceptors (Lipinski definition) is 6. The fourth-order valence-corrected chi connectivity index (χ4v) is 3.03. The van der Waals surface area contributed by atoms with Crippen LogP contribution >= 0.6 is 11.5 Å². The fraction of sp³-hybridized carbons (Fsp3) is 0.222. The Morgan fingerprint density at radius 2 is 2.12 bits per heavy atom. The third kappa shape index (κ3) is 4.40. The number of carbonyl (C=O) groups is 1. The predicted molar refractivity (Wildman–Crippen MR) is 99.9 cm³/mol. The van der Waals surface area contributed by atoms with E-state index in [0.717, 1.165) is 5.69 Å². The van der Waals surface area contributed by atoms with Crippen LogP contribution in [0.5, 0.6) is 0 Å². The van der Waals surface area contributed by atoms with Gasteiger partial charge >= 0.3 is 0 Å². The summed E-state index contributed by atoms with van der Waals surface area (Å²) in [6.45, 7) is 0.422. The number of hydrogen-bond donors (Lipinski definition) is 1. The second-order valence-corrected chi connectivity index (χ2v) is 6.60. The first-order valence-electron chi connectivity index (χ1n) is 8.03. The molecule has 3 rings (SSSR count). The van der Waals surface area contributed by atoms with Gasteiger partial charge in [-0.25, -0.2) is 4.39 Å². The molecule has 0 bridgehead atoms. The number of anilines is 1. The maximum absolute atomic E-state index is 14.0. The highest BCUT2D eigenvalue weighted by Gasteiger charge is 2.13. The molecule has 8 heteroatoms. The molecule has 0 saturated carbocycles. The highest BCUT2D eigenvalue weighted by atomic mass is 32.1. The number of aromatic nitrogens is 3. The van der Waals surface area contributed by atoms with Crippen molar-refractivity contribution in [1.82, 2.24) is 19.7 Å². The second kappa shape index (κ2) is 8.01. The van der Waals surface area contributed by atoms with E-state index in [1.807, 2.05) is 32.3 Å². The van der Waals surface area contributed by atoms with Gasteiger partial charge in [-0.05, 0) is 41.9 Å². The average molecular weight is 371 g/mol. The summed E-state index contributed by atoms with van der Waals surface area (Å²) in [6.07, 6.45) is 2.32. The van der Waals surface area contributed by atoms with Gasteiger partial charge in [0.25, 0.3) is 5.91 Å². The number of carbonyl (C=O) groups excluding carboxylic acids is 1. The van der Waals surface area contributed by atoms with Crippen LogP contribution in [0.2, 0.25) is 0 Å². The number of benzene rings is 1. The zero-order valence-electron chi connectivity index (χ0n) is 14.4. The van der Waals surface area contributed by atoms with Crippen molar-refractivity contribution in [1.29, 1.82) is 0 Å². The van der Waals surface area contributed by atoms with Crippen LogP contribution in [0.15, 0.2) is 42.6 Å². The van der Waals surface area contributed by atoms with Crippen molar-refractivity contribution in [3.63, 3.8) is 0 Å². The van der Waals surface area contributed by atoms with Crippen molar-refractivity contribution in [2.75, 3.05) is 25.5 Å². The molecule has 3 aromatic rings. The van der Waals surface area contributed by atoms with Crippen molar-refractivity contribution in [3.05, 3.63) is 59.7 Å². The van der Waals surface area contributed by atoms with Crippen molar-refractivity contribution in [2.24, 2.45) is 0 Å². The smallest absolute Gasteiger partial charge is 0.251 e. The van der Waals surface area contributed by atoms with Crippen molar-refractivity contribution < 1.29 is 9.18 Å². The van der Waals surface area contributed by atoms with Gasteiger partial charge in [0.2, 0.25) is 5.95 Å². The van der Waals surface area contributed by atoms with Crippen LogP contribution in [0.25, 0.3) is 10.6 Å². The standard InChI is InChI=1S/C18H18FN5OS/c1-24(2)18-22-17(26-23-18)13-9-12(10-14(19)11-13)16(25)21-8-6-15-5-3-4-7-20-15/h3-5,7,9-11H,6,8H2,1-2H3,(H,21,25). The molecule has 0 spiro atoms. The van der Waals surface area contributed by atoms with E-state index in [-0.39, 0.29) is 11.5 Å². The topological polar surface area (TPSA) is 71.0 Å². The quantitative estimate of drug-likeness (QED) is 0.721. The predicted octanol–water partition coefficient (Wildman–Crippen LogP) is 2.78. The van der Waals surface area contributed by atoms with Gasteiger partial charge in [0, 0.05) is 50.1 Å². The largest absolute Gasteiger partial charge is 0.352 e. The van der Waals surface area contributed by atoms with E-state index in [9.17, 15) is 9.18 Å². The zero-order valence-corrected chi connectivity index (χ0v) is 15.3. The minimum Gasteiger partial charge on any atom is -0.352 e. The number of nitrogens with one attached hydrogen (secondary N) is 1. The van der Waals surface area contributed by atoms with Gasteiger partial charge in [-0.2, -0.15) is 9.36 Å². The molecule has 0 atom stereocenters. The van der Waals surface area contributed by atoms with E-state index in [1.54, 1.807) is 17.2 Å². The molecule has 0 radical (unpaired) electrons. The van der Waals surface area contributed by atoms with Gasteiger partial charge in [-0.3, -0.25) is 9.78 Å². The summed E-state index contributed by atoms with van der Waals surface area (Å²) >= 11 is 1.17. The summed E-state index contributed by atoms with van der Waals surface area (Å²) in [5, 5.41) is 3.36. The maximum Gasteiger partial charge on any atom is 0.251 e. The summed E-state index contributed by atoms with van der Waals surface area (Å²) in [5.41, 5.74) is 1.67. The highest BCUT2D eigenvalue weighted by molar-refractivity contribution is 7.09. The van der Waals surface area contributed by atoms with Gasteiger partial charge in [-0.1, -0.05) is 6.07 Å². The van der Waals surface area contributed by atoms with E-state index < -0.39 is 5.82 Å². The lowest BCUT2D eigenvalue weighted by Crippen LogP contribution is -2.26. The van der Waals surface area contributed by atoms with Crippen LogP contribution < -0.4 is 10.2 Å². The Kier molecular flexibility index (Phi) is 5.52. The van der Waals surface area contributed by atoms with Crippen LogP contribution in [-0.4, -0.2) is 40.9 Å². The van der Waals surface area contributed by atoms with Crippen LogP contribution in [-0.2, 0) is 6.42 Å². The molecule has 0 saturated heterocycles. The zero-order chi connectivity index (χ0) is 18.5. The lowest BCUT2D eigenvalue weighted by Gasteiger charge is -2.07. The first-order chi connectivity index (χ1) is 12.5. The fourth-order valence-electron chi connectivity index (χ4n) is 2.31. The first kappa shape index (κ1) is 17.9. The Hall–Kier alpha value is -2.87. The monoisotopic (exact) mass is 371 g/mol. The number of halogens is 1. The van der Waals surface area contributed by atoms with E-state index >= 15 is 0 Å². The minimum absolute atomic E-state index is 0.252. The molecule has 2 aromatic heterocycles. The van der Waals surface area contributed by atoms with Gasteiger partial charge < -0.3 is 10.2 Å².